The third-order valence-corrected chi connectivity index (χ3v) is 8.61. The lowest BCUT2D eigenvalue weighted by Crippen LogP contribution is -1.59. The van der Waals surface area contributed by atoms with Crippen molar-refractivity contribution >= 4 is 64.8 Å². The molecule has 0 heterocycles. The van der Waals surface area contributed by atoms with Gasteiger partial charge in [-0.3, -0.25) is 0 Å². The van der Waals surface area contributed by atoms with Crippen LogP contribution in [0.15, 0.2) is 0 Å². The Hall–Kier alpha value is 2.10. The molecule has 0 saturated carbocycles. The summed E-state index contributed by atoms with van der Waals surface area (Å²) < 4.78 is 0. The van der Waals surface area contributed by atoms with E-state index in [0.29, 0.717) is 0 Å². The van der Waals surface area contributed by atoms with Crippen LogP contribution in [0.1, 0.15) is 41.5 Å². The van der Waals surface area contributed by atoms with E-state index >= 15 is 0 Å². The molecule has 0 aromatic heterocycles. The molecule has 0 nitrogen and oxygen atoms in total. The molecule has 0 aromatic rings. The molecule has 0 aliphatic rings. The van der Waals surface area contributed by atoms with Crippen LogP contribution in [-0.2, 0) is 0 Å². The molecule has 0 aliphatic carbocycles. The standard InChI is InChI=1S/3C4H10S2/c3*1-3-5-6-4-2/h3*3-4H2,1-2H3. The van der Waals surface area contributed by atoms with E-state index in [-0.39, 0.29) is 0 Å². The summed E-state index contributed by atoms with van der Waals surface area (Å²) in [5.74, 6) is 7.41. The van der Waals surface area contributed by atoms with Gasteiger partial charge in [-0.2, -0.15) is 0 Å². The van der Waals surface area contributed by atoms with Crippen LogP contribution in [0, 0.1) is 0 Å². The molecule has 0 aliphatic heterocycles. The lowest BCUT2D eigenvalue weighted by Gasteiger charge is -1.86. The van der Waals surface area contributed by atoms with Gasteiger partial charge in [0.15, 0.2) is 0 Å². The van der Waals surface area contributed by atoms with E-state index in [1.807, 2.05) is 64.8 Å². The van der Waals surface area contributed by atoms with E-state index in [1.165, 1.54) is 34.5 Å². The van der Waals surface area contributed by atoms with Crippen LogP contribution in [0.4, 0.5) is 0 Å². The smallest absolute Gasteiger partial charge is 0.000844 e. The Morgan fingerprint density at radius 2 is 0.444 bits per heavy atom. The highest BCUT2D eigenvalue weighted by Crippen LogP contribution is 2.19. The van der Waals surface area contributed by atoms with Crippen LogP contribution < -0.4 is 0 Å². The Morgan fingerprint density at radius 1 is 0.333 bits per heavy atom. The predicted octanol–water partition coefficient (Wildman–Crippen LogP) is 7.22. The van der Waals surface area contributed by atoms with Crippen LogP contribution in [0.3, 0.4) is 0 Å². The maximum atomic E-state index is 2.17. The highest BCUT2D eigenvalue weighted by Gasteiger charge is 1.76. The van der Waals surface area contributed by atoms with Gasteiger partial charge in [-0.05, 0) is 0 Å². The average Bonchev–Trinajstić information content (AvgIpc) is 2.42. The highest BCUT2D eigenvalue weighted by molar-refractivity contribution is 8.77. The van der Waals surface area contributed by atoms with Gasteiger partial charge in [-0.15, -0.1) is 0 Å². The lowest BCUT2D eigenvalue weighted by atomic mass is 11.0. The van der Waals surface area contributed by atoms with Crippen molar-refractivity contribution < 1.29 is 0 Å². The molecule has 0 atom stereocenters. The van der Waals surface area contributed by atoms with Gasteiger partial charge < -0.3 is 0 Å². The second-order valence-corrected chi connectivity index (χ2v) is 11.6. The fraction of sp³-hybridized carbons (Fsp3) is 1.00. The third kappa shape index (κ3) is 43.0. The summed E-state index contributed by atoms with van der Waals surface area (Å²) in [6.07, 6.45) is 0. The molecule has 18 heavy (non-hydrogen) atoms. The minimum atomic E-state index is 1.23. The van der Waals surface area contributed by atoms with Gasteiger partial charge in [0.25, 0.3) is 0 Å². The van der Waals surface area contributed by atoms with Crippen molar-refractivity contribution in [1.82, 2.24) is 0 Å². The Morgan fingerprint density at radius 3 is 0.500 bits per heavy atom. The van der Waals surface area contributed by atoms with E-state index in [4.69, 9.17) is 0 Å². The lowest BCUT2D eigenvalue weighted by molar-refractivity contribution is 1.53. The van der Waals surface area contributed by atoms with E-state index in [1.54, 1.807) is 0 Å². The summed E-state index contributed by atoms with van der Waals surface area (Å²) in [6.45, 7) is 13.0. The van der Waals surface area contributed by atoms with Gasteiger partial charge in [0.2, 0.25) is 0 Å². The Bertz CT molecular complexity index is 71.5. The van der Waals surface area contributed by atoms with Crippen LogP contribution in [-0.4, -0.2) is 34.5 Å². The van der Waals surface area contributed by atoms with Crippen LogP contribution >= 0.6 is 64.8 Å². The fourth-order valence-corrected chi connectivity index (χ4v) is 4.50. The van der Waals surface area contributed by atoms with Crippen molar-refractivity contribution in [3.05, 3.63) is 0 Å². The van der Waals surface area contributed by atoms with Gasteiger partial charge in [-0.25, -0.2) is 0 Å². The Kier molecular flexibility index (Phi) is 43.8. The van der Waals surface area contributed by atoms with Crippen molar-refractivity contribution in [2.24, 2.45) is 0 Å². The summed E-state index contributed by atoms with van der Waals surface area (Å²) in [6, 6.07) is 0. The quantitative estimate of drug-likeness (QED) is 0.310. The third-order valence-electron chi connectivity index (χ3n) is 0.957. The van der Waals surface area contributed by atoms with Crippen molar-refractivity contribution in [3.63, 3.8) is 0 Å². The summed E-state index contributed by atoms with van der Waals surface area (Å²) in [5, 5.41) is 0. The van der Waals surface area contributed by atoms with E-state index in [0.717, 1.165) is 0 Å². The maximum absolute atomic E-state index is 2.17. The minimum Gasteiger partial charge on any atom is -0.0945 e. The molecule has 0 spiro atoms. The number of rotatable bonds is 9. The van der Waals surface area contributed by atoms with Crippen molar-refractivity contribution in [2.75, 3.05) is 34.5 Å². The molecule has 0 unspecified atom stereocenters. The summed E-state index contributed by atoms with van der Waals surface area (Å²) in [5.41, 5.74) is 0. The molecule has 0 bridgehead atoms. The van der Waals surface area contributed by atoms with Crippen LogP contribution in [0.2, 0.25) is 0 Å². The normalized spacial score (nSPS) is 9.00. The van der Waals surface area contributed by atoms with E-state index in [9.17, 15) is 0 Å². The van der Waals surface area contributed by atoms with E-state index in [2.05, 4.69) is 41.5 Å². The first kappa shape index (κ1) is 25.1. The van der Waals surface area contributed by atoms with Gasteiger partial charge >= 0.3 is 0 Å². The van der Waals surface area contributed by atoms with Gasteiger partial charge in [0, 0.05) is 34.5 Å². The van der Waals surface area contributed by atoms with Crippen molar-refractivity contribution in [3.8, 4) is 0 Å². The molecule has 6 heteroatoms. The predicted molar refractivity (Wildman–Crippen MR) is 109 cm³/mol. The average molecular weight is 367 g/mol. The molecule has 0 rings (SSSR count). The van der Waals surface area contributed by atoms with Gasteiger partial charge in [0.05, 0.1) is 0 Å². The summed E-state index contributed by atoms with van der Waals surface area (Å²) >= 11 is 0. The molecular formula is C12H30S6. The van der Waals surface area contributed by atoms with Crippen LogP contribution in [0.5, 0.6) is 0 Å². The topological polar surface area (TPSA) is 0 Å². The highest BCUT2D eigenvalue weighted by atomic mass is 33.1. The molecule has 0 saturated heterocycles. The zero-order valence-electron chi connectivity index (χ0n) is 12.7. The molecule has 0 aromatic carbocycles. The zero-order chi connectivity index (χ0) is 14.5. The summed E-state index contributed by atoms with van der Waals surface area (Å²) in [4.78, 5) is 0. The fourth-order valence-electron chi connectivity index (χ4n) is 0.500. The zero-order valence-corrected chi connectivity index (χ0v) is 17.6. The first-order valence-corrected chi connectivity index (χ1v) is 13.9. The summed E-state index contributed by atoms with van der Waals surface area (Å²) in [7, 11) is 11.5. The minimum absolute atomic E-state index is 1.23. The number of hydrogen-bond acceptors (Lipinski definition) is 6. The van der Waals surface area contributed by atoms with Crippen LogP contribution in [0.25, 0.3) is 0 Å². The second kappa shape index (κ2) is 31.5. The first-order valence-electron chi connectivity index (χ1n) is 6.47. The van der Waals surface area contributed by atoms with Gasteiger partial charge in [0.1, 0.15) is 0 Å². The number of hydrogen-bond donors (Lipinski definition) is 0. The monoisotopic (exact) mass is 366 g/mol. The Balaban J connectivity index is -0.000000187. The molecule has 0 fully saturated rings. The van der Waals surface area contributed by atoms with E-state index < -0.39 is 0 Å². The largest absolute Gasteiger partial charge is 0.0945 e. The molecular weight excluding hydrogens is 337 g/mol. The maximum Gasteiger partial charge on any atom is 0.000844 e. The van der Waals surface area contributed by atoms with Gasteiger partial charge in [-0.1, -0.05) is 106 Å². The molecule has 0 amide bonds. The Labute approximate surface area is 140 Å². The van der Waals surface area contributed by atoms with Crippen molar-refractivity contribution in [1.29, 1.82) is 0 Å². The second-order valence-electron chi connectivity index (χ2n) is 2.44. The molecule has 0 radical (unpaired) electrons. The van der Waals surface area contributed by atoms with Crippen molar-refractivity contribution in [2.45, 2.75) is 41.5 Å². The first-order chi connectivity index (χ1) is 8.74. The molecule has 114 valence electrons. The SMILES string of the molecule is CCSSCC.CCSSCC.CCSSCC. The molecule has 0 N–H and O–H groups in total.